The molecule has 3 heterocycles. The lowest BCUT2D eigenvalue weighted by molar-refractivity contribution is 0.0977. The van der Waals surface area contributed by atoms with Crippen LogP contribution in [0.15, 0.2) is 48.7 Å². The van der Waals surface area contributed by atoms with Crippen molar-refractivity contribution in [2.24, 2.45) is 0 Å². The van der Waals surface area contributed by atoms with Gasteiger partial charge in [-0.05, 0) is 92.6 Å². The average molecular weight is 416 g/mol. The fourth-order valence-electron chi connectivity index (χ4n) is 5.59. The van der Waals surface area contributed by atoms with E-state index >= 15 is 0 Å². The summed E-state index contributed by atoms with van der Waals surface area (Å²) in [5, 5.41) is 4.38. The summed E-state index contributed by atoms with van der Waals surface area (Å²) in [5.41, 5.74) is 5.39. The quantitative estimate of drug-likeness (QED) is 0.528. The third kappa shape index (κ3) is 4.27. The van der Waals surface area contributed by atoms with Gasteiger partial charge < -0.3 is 15.2 Å². The zero-order valence-electron chi connectivity index (χ0n) is 18.5. The maximum atomic E-state index is 12.9. The summed E-state index contributed by atoms with van der Waals surface area (Å²) < 4.78 is 0. The second-order valence-electron chi connectivity index (χ2n) is 9.32. The first-order valence-corrected chi connectivity index (χ1v) is 12.0. The van der Waals surface area contributed by atoms with Gasteiger partial charge in [0.2, 0.25) is 0 Å². The van der Waals surface area contributed by atoms with Crippen molar-refractivity contribution in [1.82, 2.24) is 9.88 Å². The monoisotopic (exact) mass is 415 g/mol. The number of aromatic amines is 1. The minimum absolute atomic E-state index is 0.0371. The van der Waals surface area contributed by atoms with Gasteiger partial charge in [0.15, 0.2) is 0 Å². The number of amides is 1. The number of hydrogen-bond acceptors (Lipinski definition) is 2. The highest BCUT2D eigenvalue weighted by molar-refractivity contribution is 6.05. The standard InChI is InChI=1S/C27H33N3O/c1-2-6-19-7-5-8-21(15-19)27(31)29-22-10-11-26-24(17-22)25(18-28-26)20-12-14-30-13-4-3-9-23(30)16-20/h5,7-8,10-11,15,17-18,20,23,28H,2-4,6,9,12-14,16H2,1H3,(H,29,31). The zero-order valence-corrected chi connectivity index (χ0v) is 18.5. The van der Waals surface area contributed by atoms with Gasteiger partial charge in [0, 0.05) is 34.4 Å². The van der Waals surface area contributed by atoms with Crippen LogP contribution in [0.1, 0.15) is 72.9 Å². The summed E-state index contributed by atoms with van der Waals surface area (Å²) in [6.45, 7) is 4.65. The van der Waals surface area contributed by atoms with E-state index in [1.807, 2.05) is 24.3 Å². The van der Waals surface area contributed by atoms with Crippen molar-refractivity contribution in [3.8, 4) is 0 Å². The van der Waals surface area contributed by atoms with Crippen molar-refractivity contribution in [2.75, 3.05) is 18.4 Å². The van der Waals surface area contributed by atoms with Gasteiger partial charge in [-0.15, -0.1) is 0 Å². The van der Waals surface area contributed by atoms with E-state index in [1.54, 1.807) is 0 Å². The molecule has 3 aromatic rings. The Morgan fingerprint density at radius 3 is 2.97 bits per heavy atom. The molecule has 0 aliphatic carbocycles. The molecule has 1 amide bonds. The molecular weight excluding hydrogens is 382 g/mol. The molecule has 2 aliphatic rings. The molecule has 162 valence electrons. The summed E-state index contributed by atoms with van der Waals surface area (Å²) in [4.78, 5) is 19.0. The van der Waals surface area contributed by atoms with Gasteiger partial charge in [-0.3, -0.25) is 4.79 Å². The fraction of sp³-hybridized carbons (Fsp3) is 0.444. The molecule has 5 rings (SSSR count). The molecular formula is C27H33N3O. The summed E-state index contributed by atoms with van der Waals surface area (Å²) in [7, 11) is 0. The summed E-state index contributed by atoms with van der Waals surface area (Å²) in [6.07, 6.45) is 10.8. The summed E-state index contributed by atoms with van der Waals surface area (Å²) >= 11 is 0. The predicted molar refractivity (Wildman–Crippen MR) is 128 cm³/mol. The van der Waals surface area contributed by atoms with Crippen LogP contribution >= 0.6 is 0 Å². The Morgan fingerprint density at radius 2 is 2.06 bits per heavy atom. The normalized spacial score (nSPS) is 21.7. The Bertz CT molecular complexity index is 1070. The molecule has 2 saturated heterocycles. The van der Waals surface area contributed by atoms with Crippen LogP contribution in [-0.4, -0.2) is 34.9 Å². The number of aromatic nitrogens is 1. The van der Waals surface area contributed by atoms with Crippen LogP contribution in [0.3, 0.4) is 0 Å². The van der Waals surface area contributed by atoms with E-state index in [-0.39, 0.29) is 5.91 Å². The van der Waals surface area contributed by atoms with Gasteiger partial charge in [-0.25, -0.2) is 0 Å². The van der Waals surface area contributed by atoms with Crippen molar-refractivity contribution in [1.29, 1.82) is 0 Å². The van der Waals surface area contributed by atoms with Crippen LogP contribution in [0.4, 0.5) is 5.69 Å². The van der Waals surface area contributed by atoms with Crippen LogP contribution in [0.2, 0.25) is 0 Å². The van der Waals surface area contributed by atoms with Crippen molar-refractivity contribution >= 4 is 22.5 Å². The van der Waals surface area contributed by atoms with Crippen molar-refractivity contribution in [3.63, 3.8) is 0 Å². The summed E-state index contributed by atoms with van der Waals surface area (Å²) in [5.74, 6) is 0.565. The van der Waals surface area contributed by atoms with Crippen LogP contribution in [0.5, 0.6) is 0 Å². The van der Waals surface area contributed by atoms with E-state index in [4.69, 9.17) is 0 Å². The Balaban J connectivity index is 1.35. The van der Waals surface area contributed by atoms with Crippen LogP contribution < -0.4 is 5.32 Å². The van der Waals surface area contributed by atoms with Crippen LogP contribution in [-0.2, 0) is 6.42 Å². The molecule has 0 bridgehead atoms. The molecule has 0 spiro atoms. The maximum absolute atomic E-state index is 12.9. The van der Waals surface area contributed by atoms with Gasteiger partial charge in [0.25, 0.3) is 5.91 Å². The smallest absolute Gasteiger partial charge is 0.255 e. The van der Waals surface area contributed by atoms with Gasteiger partial charge in [0.1, 0.15) is 0 Å². The molecule has 0 radical (unpaired) electrons. The van der Waals surface area contributed by atoms with Crippen molar-refractivity contribution < 1.29 is 4.79 Å². The van der Waals surface area contributed by atoms with E-state index in [0.717, 1.165) is 35.7 Å². The number of hydrogen-bond donors (Lipinski definition) is 2. The molecule has 2 aromatic carbocycles. The van der Waals surface area contributed by atoms with Gasteiger partial charge >= 0.3 is 0 Å². The summed E-state index contributed by atoms with van der Waals surface area (Å²) in [6, 6.07) is 15.0. The van der Waals surface area contributed by atoms with Gasteiger partial charge in [0.05, 0.1) is 0 Å². The number of anilines is 1. The second kappa shape index (κ2) is 8.88. The lowest BCUT2D eigenvalue weighted by Gasteiger charge is -2.42. The number of aryl methyl sites for hydroxylation is 1. The number of fused-ring (bicyclic) bond motifs is 2. The molecule has 0 saturated carbocycles. The number of nitrogens with one attached hydrogen (secondary N) is 2. The van der Waals surface area contributed by atoms with E-state index < -0.39 is 0 Å². The molecule has 4 nitrogen and oxygen atoms in total. The maximum Gasteiger partial charge on any atom is 0.255 e. The molecule has 31 heavy (non-hydrogen) atoms. The minimum atomic E-state index is -0.0371. The van der Waals surface area contributed by atoms with E-state index in [2.05, 4.69) is 46.5 Å². The predicted octanol–water partition coefficient (Wildman–Crippen LogP) is 6.10. The fourth-order valence-corrected chi connectivity index (χ4v) is 5.59. The van der Waals surface area contributed by atoms with E-state index in [1.165, 1.54) is 61.7 Å². The largest absolute Gasteiger partial charge is 0.361 e. The Morgan fingerprint density at radius 1 is 1.13 bits per heavy atom. The molecule has 2 fully saturated rings. The minimum Gasteiger partial charge on any atom is -0.361 e. The first-order chi connectivity index (χ1) is 15.2. The average Bonchev–Trinajstić information content (AvgIpc) is 3.22. The van der Waals surface area contributed by atoms with E-state index in [0.29, 0.717) is 5.92 Å². The first-order valence-electron chi connectivity index (χ1n) is 12.0. The van der Waals surface area contributed by atoms with Crippen LogP contribution in [0, 0.1) is 0 Å². The number of rotatable bonds is 5. The molecule has 2 atom stereocenters. The number of benzene rings is 2. The SMILES string of the molecule is CCCc1cccc(C(=O)Nc2ccc3[nH]cc(C4CCN5CCCCC5C4)c3c2)c1. The van der Waals surface area contributed by atoms with Crippen LogP contribution in [0.25, 0.3) is 10.9 Å². The van der Waals surface area contributed by atoms with Crippen molar-refractivity contribution in [2.45, 2.75) is 63.8 Å². The zero-order chi connectivity index (χ0) is 21.2. The molecule has 1 aromatic heterocycles. The third-order valence-corrected chi connectivity index (χ3v) is 7.21. The molecule has 2 N–H and O–H groups in total. The topological polar surface area (TPSA) is 48.1 Å². The molecule has 4 heteroatoms. The number of nitrogens with zero attached hydrogens (tertiary/aromatic N) is 1. The Kier molecular flexibility index (Phi) is 5.82. The first kappa shape index (κ1) is 20.3. The number of H-pyrrole nitrogens is 1. The molecule has 2 unspecified atom stereocenters. The van der Waals surface area contributed by atoms with Gasteiger partial charge in [-0.2, -0.15) is 0 Å². The number of carbonyl (C=O) groups is 1. The lowest BCUT2D eigenvalue weighted by atomic mass is 9.82. The molecule has 2 aliphatic heterocycles. The lowest BCUT2D eigenvalue weighted by Crippen LogP contribution is -2.44. The highest BCUT2D eigenvalue weighted by atomic mass is 16.1. The number of piperidine rings is 2. The Hall–Kier alpha value is -2.59. The highest BCUT2D eigenvalue weighted by Gasteiger charge is 2.31. The Labute approximate surface area is 185 Å². The number of carbonyl (C=O) groups excluding carboxylic acids is 1. The van der Waals surface area contributed by atoms with Crippen molar-refractivity contribution in [3.05, 3.63) is 65.4 Å². The highest BCUT2D eigenvalue weighted by Crippen LogP contribution is 2.38. The van der Waals surface area contributed by atoms with E-state index in [9.17, 15) is 4.79 Å². The third-order valence-electron chi connectivity index (χ3n) is 7.21. The van der Waals surface area contributed by atoms with Gasteiger partial charge in [-0.1, -0.05) is 31.9 Å². The second-order valence-corrected chi connectivity index (χ2v) is 9.32.